The Morgan fingerprint density at radius 3 is 2.13 bits per heavy atom. The van der Waals surface area contributed by atoms with Gasteiger partial charge in [-0.05, 0) is 94.3 Å². The van der Waals surface area contributed by atoms with Gasteiger partial charge in [0.15, 0.2) is 0 Å². The van der Waals surface area contributed by atoms with Gasteiger partial charge < -0.3 is 4.90 Å². The predicted molar refractivity (Wildman–Crippen MR) is 156 cm³/mol. The van der Waals surface area contributed by atoms with Gasteiger partial charge in [-0.3, -0.25) is 14.8 Å². The van der Waals surface area contributed by atoms with Crippen LogP contribution in [0.5, 0.6) is 0 Å². The highest BCUT2D eigenvalue weighted by molar-refractivity contribution is 6.00. The van der Waals surface area contributed by atoms with E-state index >= 15 is 0 Å². The molecule has 4 nitrogen and oxygen atoms in total. The highest BCUT2D eigenvalue weighted by Gasteiger charge is 2.68. The van der Waals surface area contributed by atoms with E-state index in [1.807, 2.05) is 0 Å². The normalized spacial score (nSPS) is 51.7. The van der Waals surface area contributed by atoms with Crippen LogP contribution in [0, 0.1) is 23.7 Å². The summed E-state index contributed by atoms with van der Waals surface area (Å²) >= 11 is 0. The lowest BCUT2D eigenvalue weighted by atomic mass is 9.59. The maximum absolute atomic E-state index is 5.59. The van der Waals surface area contributed by atoms with Crippen molar-refractivity contribution < 1.29 is 0 Å². The SMILES string of the molecule is c1ccc(C2=NC3CCCC4C3N2C2CCCC3C2N4C2CCCC4C5C6CCCCC6CCC5N3C42)cc1. The van der Waals surface area contributed by atoms with Crippen molar-refractivity contribution in [1.82, 2.24) is 14.7 Å². The highest BCUT2D eigenvalue weighted by atomic mass is 15.5. The quantitative estimate of drug-likeness (QED) is 0.444. The molecule has 1 aromatic carbocycles. The Labute approximate surface area is 235 Å². The molecule has 39 heavy (non-hydrogen) atoms. The third-order valence-electron chi connectivity index (χ3n) is 14.1. The Morgan fingerprint density at radius 2 is 1.23 bits per heavy atom. The summed E-state index contributed by atoms with van der Waals surface area (Å²) in [5.41, 5.74) is 1.38. The number of rotatable bonds is 1. The summed E-state index contributed by atoms with van der Waals surface area (Å²) in [5.74, 6) is 5.52. The van der Waals surface area contributed by atoms with Gasteiger partial charge in [0.05, 0.1) is 12.1 Å². The van der Waals surface area contributed by atoms with Crippen LogP contribution in [0.4, 0.5) is 0 Å². The van der Waals surface area contributed by atoms with E-state index in [9.17, 15) is 0 Å². The molecular formula is C35H48N4. The first-order valence-corrected chi connectivity index (χ1v) is 17.3. The maximum atomic E-state index is 5.59. The molecule has 3 saturated heterocycles. The van der Waals surface area contributed by atoms with Gasteiger partial charge in [0.1, 0.15) is 5.84 Å². The number of nitrogens with zero attached hydrogens (tertiary/aromatic N) is 4. The van der Waals surface area contributed by atoms with E-state index in [4.69, 9.17) is 4.99 Å². The molecule has 4 heterocycles. The molecule has 0 radical (unpaired) electrons. The molecule has 10 rings (SSSR count). The van der Waals surface area contributed by atoms with Crippen molar-refractivity contribution in [2.75, 3.05) is 0 Å². The third kappa shape index (κ3) is 3.01. The van der Waals surface area contributed by atoms with Gasteiger partial charge in [-0.2, -0.15) is 0 Å². The average Bonchev–Trinajstić information content (AvgIpc) is 3.56. The Hall–Kier alpha value is -1.39. The fourth-order valence-corrected chi connectivity index (χ4v) is 13.3. The van der Waals surface area contributed by atoms with Crippen molar-refractivity contribution in [3.8, 4) is 0 Å². The van der Waals surface area contributed by atoms with Gasteiger partial charge in [0, 0.05) is 47.9 Å². The number of piperazine rings is 2. The van der Waals surface area contributed by atoms with E-state index in [1.54, 1.807) is 25.7 Å². The van der Waals surface area contributed by atoms with Crippen molar-refractivity contribution in [1.29, 1.82) is 0 Å². The minimum absolute atomic E-state index is 0.520. The van der Waals surface area contributed by atoms with Crippen molar-refractivity contribution in [2.45, 2.75) is 151 Å². The summed E-state index contributed by atoms with van der Waals surface area (Å²) in [7, 11) is 0. The lowest BCUT2D eigenvalue weighted by molar-refractivity contribution is -0.175. The Balaban J connectivity index is 1.09. The number of fused-ring (bicyclic) bond motifs is 9. The second-order valence-electron chi connectivity index (χ2n) is 15.3. The first-order valence-electron chi connectivity index (χ1n) is 17.3. The highest BCUT2D eigenvalue weighted by Crippen LogP contribution is 2.61. The van der Waals surface area contributed by atoms with Gasteiger partial charge >= 0.3 is 0 Å². The van der Waals surface area contributed by atoms with Crippen LogP contribution in [0.2, 0.25) is 0 Å². The first kappa shape index (κ1) is 23.2. The molecule has 0 aromatic heterocycles. The van der Waals surface area contributed by atoms with E-state index in [2.05, 4.69) is 45.0 Å². The van der Waals surface area contributed by atoms with Crippen LogP contribution in [-0.2, 0) is 0 Å². The number of hydrogen-bond donors (Lipinski definition) is 0. The molecule has 0 bridgehead atoms. The van der Waals surface area contributed by atoms with Crippen molar-refractivity contribution in [2.24, 2.45) is 28.7 Å². The molecule has 4 heteroatoms. The molecule has 9 aliphatic rings. The van der Waals surface area contributed by atoms with E-state index in [-0.39, 0.29) is 0 Å². The van der Waals surface area contributed by atoms with E-state index < -0.39 is 0 Å². The number of hydrogen-bond acceptors (Lipinski definition) is 4. The average molecular weight is 525 g/mol. The van der Waals surface area contributed by atoms with Crippen LogP contribution in [0.15, 0.2) is 35.3 Å². The number of aliphatic imine (C=N–C) groups is 1. The summed E-state index contributed by atoms with van der Waals surface area (Å²) in [6.45, 7) is 0. The van der Waals surface area contributed by atoms with Crippen molar-refractivity contribution in [3.05, 3.63) is 35.9 Å². The Kier molecular flexibility index (Phi) is 5.10. The first-order chi connectivity index (χ1) is 19.4. The van der Waals surface area contributed by atoms with E-state index in [0.29, 0.717) is 18.1 Å². The fraction of sp³-hybridized carbons (Fsp3) is 0.800. The molecule has 208 valence electrons. The van der Waals surface area contributed by atoms with Crippen LogP contribution in [0.25, 0.3) is 0 Å². The molecule has 8 fully saturated rings. The lowest BCUT2D eigenvalue weighted by Gasteiger charge is -2.68. The molecular weight excluding hydrogens is 476 g/mol. The molecule has 0 amide bonds. The van der Waals surface area contributed by atoms with Crippen LogP contribution in [-0.4, -0.2) is 74.9 Å². The summed E-state index contributed by atoms with van der Waals surface area (Å²) in [5, 5.41) is 0. The molecule has 13 atom stereocenters. The topological polar surface area (TPSA) is 22.1 Å². The van der Waals surface area contributed by atoms with Crippen LogP contribution in [0.3, 0.4) is 0 Å². The molecule has 0 N–H and O–H groups in total. The number of amidine groups is 1. The van der Waals surface area contributed by atoms with Gasteiger partial charge in [-0.1, -0.05) is 56.0 Å². The molecule has 5 saturated carbocycles. The minimum atomic E-state index is 0.520. The Bertz CT molecular complexity index is 1150. The zero-order chi connectivity index (χ0) is 25.2. The zero-order valence-electron chi connectivity index (χ0n) is 23.8. The standard InChI is InChI=1S/C35H48N4/c1-2-10-22(11-3-1)35-36-25-14-7-16-28-33(25)39(35)30-18-8-17-29-34(30)38(28)27-15-6-13-24-31-23-12-5-4-9-21(23)19-20-26(31)37(29)32(24)27/h1-3,10-11,21,23-34H,4-9,12-20H2. The summed E-state index contributed by atoms with van der Waals surface area (Å²) in [6, 6.07) is 18.0. The van der Waals surface area contributed by atoms with E-state index in [0.717, 1.165) is 59.9 Å². The van der Waals surface area contributed by atoms with Crippen molar-refractivity contribution in [3.63, 3.8) is 0 Å². The second-order valence-corrected chi connectivity index (χ2v) is 15.3. The molecule has 5 aliphatic carbocycles. The summed E-state index contributed by atoms with van der Waals surface area (Å²) in [6.07, 6.45) is 22.1. The third-order valence-corrected chi connectivity index (χ3v) is 14.1. The van der Waals surface area contributed by atoms with Crippen LogP contribution >= 0.6 is 0 Å². The van der Waals surface area contributed by atoms with E-state index in [1.165, 1.54) is 82.0 Å². The van der Waals surface area contributed by atoms with Gasteiger partial charge in [-0.15, -0.1) is 0 Å². The summed E-state index contributed by atoms with van der Waals surface area (Å²) < 4.78 is 0. The smallest absolute Gasteiger partial charge is 0.131 e. The molecule has 4 aliphatic heterocycles. The van der Waals surface area contributed by atoms with Crippen LogP contribution in [0.1, 0.15) is 102 Å². The minimum Gasteiger partial charge on any atom is -0.345 e. The molecule has 0 spiro atoms. The number of benzene rings is 1. The summed E-state index contributed by atoms with van der Waals surface area (Å²) in [4.78, 5) is 15.2. The predicted octanol–water partition coefficient (Wildman–Crippen LogP) is 6.10. The van der Waals surface area contributed by atoms with Gasteiger partial charge in [-0.25, -0.2) is 0 Å². The molecule has 13 unspecified atom stereocenters. The maximum Gasteiger partial charge on any atom is 0.131 e. The Morgan fingerprint density at radius 1 is 0.538 bits per heavy atom. The second kappa shape index (κ2) is 8.57. The molecule has 1 aromatic rings. The fourth-order valence-electron chi connectivity index (χ4n) is 13.3. The zero-order valence-corrected chi connectivity index (χ0v) is 23.8. The van der Waals surface area contributed by atoms with Gasteiger partial charge in [0.2, 0.25) is 0 Å². The lowest BCUT2D eigenvalue weighted by Crippen LogP contribution is -2.82. The largest absolute Gasteiger partial charge is 0.345 e. The van der Waals surface area contributed by atoms with Crippen LogP contribution < -0.4 is 0 Å². The monoisotopic (exact) mass is 524 g/mol. The van der Waals surface area contributed by atoms with Crippen molar-refractivity contribution >= 4 is 5.84 Å². The van der Waals surface area contributed by atoms with Gasteiger partial charge in [0.25, 0.3) is 0 Å².